The van der Waals surface area contributed by atoms with Gasteiger partial charge >= 0.3 is 0 Å². The van der Waals surface area contributed by atoms with Crippen LogP contribution in [-0.2, 0) is 0 Å². The monoisotopic (exact) mass is 546 g/mol. The van der Waals surface area contributed by atoms with Gasteiger partial charge in [-0.3, -0.25) is 10.9 Å². The third-order valence-corrected chi connectivity index (χ3v) is 7.14. The minimum absolute atomic E-state index is 0. The lowest BCUT2D eigenvalue weighted by molar-refractivity contribution is 0.410. The van der Waals surface area contributed by atoms with E-state index < -0.39 is 0 Å². The van der Waals surface area contributed by atoms with Crippen LogP contribution >= 0.6 is 48.0 Å². The van der Waals surface area contributed by atoms with E-state index in [9.17, 15) is 0 Å². The van der Waals surface area contributed by atoms with Gasteiger partial charge in [-0.1, -0.05) is 42.1 Å². The molecule has 0 bridgehead atoms. The molecule has 5 rings (SSSR count). The molecule has 2 fully saturated rings. The number of halogens is 4. The van der Waals surface area contributed by atoms with Gasteiger partial charge in [-0.2, -0.15) is 9.97 Å². The Morgan fingerprint density at radius 1 is 0.912 bits per heavy atom. The molecule has 2 aliphatic carbocycles. The van der Waals surface area contributed by atoms with Crippen molar-refractivity contribution >= 4 is 76.6 Å². The summed E-state index contributed by atoms with van der Waals surface area (Å²) in [5.74, 6) is 1.17. The predicted octanol–water partition coefficient (Wildman–Crippen LogP) is 6.21. The number of rotatable bonds is 6. The van der Waals surface area contributed by atoms with E-state index in [1.165, 1.54) is 12.8 Å². The molecule has 2 aliphatic rings. The molecule has 34 heavy (non-hydrogen) atoms. The molecule has 0 amide bonds. The van der Waals surface area contributed by atoms with Gasteiger partial charge in [-0.05, 0) is 50.7 Å². The first kappa shape index (κ1) is 26.9. The third-order valence-electron chi connectivity index (χ3n) is 6.51. The largest absolute Gasteiger partial charge is 0.351 e. The molecule has 1 aromatic carbocycles. The van der Waals surface area contributed by atoms with Gasteiger partial charge in [0.05, 0.1) is 22.1 Å². The minimum atomic E-state index is 0. The first-order valence-corrected chi connectivity index (χ1v) is 12.1. The first-order valence-electron chi connectivity index (χ1n) is 11.3. The summed E-state index contributed by atoms with van der Waals surface area (Å²) in [6.07, 6.45) is 10.7. The van der Waals surface area contributed by atoms with Crippen molar-refractivity contribution in [1.82, 2.24) is 19.5 Å². The topological polar surface area (TPSA) is 106 Å². The van der Waals surface area contributed by atoms with Crippen LogP contribution in [0.5, 0.6) is 0 Å². The van der Waals surface area contributed by atoms with Crippen molar-refractivity contribution in [1.29, 1.82) is 0 Å². The molecular weight excluding hydrogens is 518 g/mol. The Morgan fingerprint density at radius 3 is 2.26 bits per heavy atom. The lowest BCUT2D eigenvalue weighted by Crippen LogP contribution is -2.33. The Hall–Kier alpha value is -1.71. The predicted molar refractivity (Wildman–Crippen MR) is 145 cm³/mol. The number of aromatic nitrogens is 4. The smallest absolute Gasteiger partial charge is 0.227 e. The lowest BCUT2D eigenvalue weighted by Gasteiger charge is -2.27. The van der Waals surface area contributed by atoms with Gasteiger partial charge < -0.3 is 15.6 Å². The van der Waals surface area contributed by atoms with Crippen LogP contribution in [0.2, 0.25) is 10.0 Å². The van der Waals surface area contributed by atoms with E-state index >= 15 is 0 Å². The molecule has 3 aromatic rings. The van der Waals surface area contributed by atoms with Crippen LogP contribution in [-0.4, -0.2) is 31.6 Å². The van der Waals surface area contributed by atoms with Crippen molar-refractivity contribution in [3.63, 3.8) is 0 Å². The molecule has 0 spiro atoms. The molecule has 0 aliphatic heterocycles. The summed E-state index contributed by atoms with van der Waals surface area (Å²) < 4.78 is 2.19. The summed E-state index contributed by atoms with van der Waals surface area (Å²) in [6, 6.07) is 6.40. The van der Waals surface area contributed by atoms with Gasteiger partial charge in [0.1, 0.15) is 0 Å². The number of para-hydroxylation sites is 1. The normalized spacial score (nSPS) is 20.4. The SMILES string of the molecule is Cl.Cl.NC1CCC(Nc2nc(NNc3c(Cl)cccc3Cl)c3ncn(C4CCCC4)c3n2)CC1. The average Bonchev–Trinajstić information content (AvgIpc) is 3.45. The Bertz CT molecular complexity index is 1070. The number of imidazole rings is 1. The maximum absolute atomic E-state index is 6.31. The van der Waals surface area contributed by atoms with Crippen LogP contribution in [0.3, 0.4) is 0 Å². The molecule has 2 aromatic heterocycles. The fraction of sp³-hybridized carbons (Fsp3) is 0.500. The van der Waals surface area contributed by atoms with E-state index in [4.69, 9.17) is 38.9 Å². The second kappa shape index (κ2) is 11.8. The van der Waals surface area contributed by atoms with Crippen molar-refractivity contribution in [3.8, 4) is 0 Å². The number of benzene rings is 1. The van der Waals surface area contributed by atoms with Crippen molar-refractivity contribution in [2.75, 3.05) is 16.2 Å². The number of anilines is 3. The molecule has 0 saturated heterocycles. The van der Waals surface area contributed by atoms with Gasteiger partial charge in [0.15, 0.2) is 17.0 Å². The standard InChI is InChI=1S/C22H28Cl2N8.2ClH/c23-16-6-3-7-17(24)18(16)30-31-20-19-21(32(12-26-19)15-4-1-2-5-15)29-22(28-20)27-14-10-8-13(25)9-11-14;;/h3,6-7,12-15,30H,1-2,4-5,8-11,25H2,(H2,27,28,29,31);2*1H. The Balaban J connectivity index is 0.00000162. The number of nitrogens with zero attached hydrogens (tertiary/aromatic N) is 4. The number of fused-ring (bicyclic) bond motifs is 1. The molecule has 186 valence electrons. The van der Waals surface area contributed by atoms with Gasteiger partial charge in [0, 0.05) is 18.1 Å². The van der Waals surface area contributed by atoms with E-state index in [2.05, 4.69) is 25.7 Å². The summed E-state index contributed by atoms with van der Waals surface area (Å²) in [4.78, 5) is 14.3. The zero-order chi connectivity index (χ0) is 22.1. The van der Waals surface area contributed by atoms with Crippen molar-refractivity contribution in [2.45, 2.75) is 69.5 Å². The zero-order valence-corrected chi connectivity index (χ0v) is 21.8. The van der Waals surface area contributed by atoms with Gasteiger partial charge in [0.25, 0.3) is 0 Å². The summed E-state index contributed by atoms with van der Waals surface area (Å²) >= 11 is 12.6. The average molecular weight is 548 g/mol. The maximum atomic E-state index is 6.31. The van der Waals surface area contributed by atoms with Crippen LogP contribution in [0.25, 0.3) is 11.2 Å². The molecule has 2 heterocycles. The highest BCUT2D eigenvalue weighted by atomic mass is 35.5. The van der Waals surface area contributed by atoms with E-state index in [-0.39, 0.29) is 24.8 Å². The number of hydrogen-bond acceptors (Lipinski definition) is 7. The lowest BCUT2D eigenvalue weighted by atomic mass is 9.92. The number of hydrogen-bond donors (Lipinski definition) is 4. The number of hydrazine groups is 1. The fourth-order valence-electron chi connectivity index (χ4n) is 4.70. The molecular formula is C22H30Cl4N8. The van der Waals surface area contributed by atoms with E-state index in [0.29, 0.717) is 51.1 Å². The fourth-order valence-corrected chi connectivity index (χ4v) is 5.19. The summed E-state index contributed by atoms with van der Waals surface area (Å²) in [5, 5.41) is 4.56. The summed E-state index contributed by atoms with van der Waals surface area (Å²) in [5.41, 5.74) is 14.5. The van der Waals surface area contributed by atoms with Crippen molar-refractivity contribution < 1.29 is 0 Å². The quantitative estimate of drug-likeness (QED) is 0.272. The highest BCUT2D eigenvalue weighted by molar-refractivity contribution is 6.39. The maximum Gasteiger partial charge on any atom is 0.227 e. The second-order valence-corrected chi connectivity index (χ2v) is 9.58. The van der Waals surface area contributed by atoms with Crippen LogP contribution in [0.4, 0.5) is 17.5 Å². The Kier molecular flexibility index (Phi) is 9.34. The molecule has 0 atom stereocenters. The number of nitrogens with two attached hydrogens (primary N) is 1. The highest BCUT2D eigenvalue weighted by Crippen LogP contribution is 2.34. The molecule has 5 N–H and O–H groups in total. The molecule has 0 unspecified atom stereocenters. The van der Waals surface area contributed by atoms with Gasteiger partial charge in [-0.25, -0.2) is 4.98 Å². The molecule has 0 radical (unpaired) electrons. The van der Waals surface area contributed by atoms with E-state index in [0.717, 1.165) is 44.2 Å². The Morgan fingerprint density at radius 2 is 1.59 bits per heavy atom. The van der Waals surface area contributed by atoms with E-state index in [1.807, 2.05) is 6.33 Å². The van der Waals surface area contributed by atoms with Crippen LogP contribution < -0.4 is 21.9 Å². The summed E-state index contributed by atoms with van der Waals surface area (Å²) in [7, 11) is 0. The van der Waals surface area contributed by atoms with E-state index in [1.54, 1.807) is 18.2 Å². The second-order valence-electron chi connectivity index (χ2n) is 8.76. The van der Waals surface area contributed by atoms with Crippen molar-refractivity contribution in [2.24, 2.45) is 5.73 Å². The number of nitrogens with one attached hydrogen (secondary N) is 3. The first-order chi connectivity index (χ1) is 15.6. The van der Waals surface area contributed by atoms with Crippen LogP contribution in [0, 0.1) is 0 Å². The Labute approximate surface area is 221 Å². The van der Waals surface area contributed by atoms with Gasteiger partial charge in [0.2, 0.25) is 5.95 Å². The highest BCUT2D eigenvalue weighted by Gasteiger charge is 2.24. The van der Waals surface area contributed by atoms with Gasteiger partial charge in [-0.15, -0.1) is 24.8 Å². The minimum Gasteiger partial charge on any atom is -0.351 e. The molecule has 12 heteroatoms. The molecule has 2 saturated carbocycles. The zero-order valence-electron chi connectivity index (χ0n) is 18.6. The third kappa shape index (κ3) is 5.74. The van der Waals surface area contributed by atoms with Crippen molar-refractivity contribution in [3.05, 3.63) is 34.6 Å². The van der Waals surface area contributed by atoms with Crippen LogP contribution in [0.15, 0.2) is 24.5 Å². The van der Waals surface area contributed by atoms with Crippen LogP contribution in [0.1, 0.15) is 57.4 Å². The summed E-state index contributed by atoms with van der Waals surface area (Å²) in [6.45, 7) is 0. The molecule has 8 nitrogen and oxygen atoms in total.